The standard InChI is InChI=1S/C12H18O6/c1-15-3-2-4-16-5-6-17-9-11-7-10(8-18-11)12(13)14/h7-8H,2-6,9H2,1H3,(H,13,14). The number of ether oxygens (including phenoxy) is 3. The molecule has 0 unspecified atom stereocenters. The highest BCUT2D eigenvalue weighted by atomic mass is 16.5. The fraction of sp³-hybridized carbons (Fsp3) is 0.583. The Morgan fingerprint density at radius 1 is 1.28 bits per heavy atom. The summed E-state index contributed by atoms with van der Waals surface area (Å²) in [5, 5.41) is 8.68. The van der Waals surface area contributed by atoms with Crippen molar-refractivity contribution in [3.05, 3.63) is 23.7 Å². The average Bonchev–Trinajstić information content (AvgIpc) is 2.81. The van der Waals surface area contributed by atoms with Crippen molar-refractivity contribution in [1.82, 2.24) is 0 Å². The first-order valence-electron chi connectivity index (χ1n) is 5.69. The molecule has 0 fully saturated rings. The Kier molecular flexibility index (Phi) is 7.09. The summed E-state index contributed by atoms with van der Waals surface area (Å²) >= 11 is 0. The second-order valence-electron chi connectivity index (χ2n) is 3.62. The van der Waals surface area contributed by atoms with E-state index >= 15 is 0 Å². The van der Waals surface area contributed by atoms with Gasteiger partial charge in [-0.1, -0.05) is 0 Å². The van der Waals surface area contributed by atoms with Crippen molar-refractivity contribution in [1.29, 1.82) is 0 Å². The minimum atomic E-state index is -1.01. The zero-order valence-electron chi connectivity index (χ0n) is 10.4. The summed E-state index contributed by atoms with van der Waals surface area (Å²) < 4.78 is 20.5. The van der Waals surface area contributed by atoms with E-state index in [4.69, 9.17) is 23.7 Å². The van der Waals surface area contributed by atoms with E-state index in [1.165, 1.54) is 12.3 Å². The van der Waals surface area contributed by atoms with Crippen molar-refractivity contribution in [2.45, 2.75) is 13.0 Å². The van der Waals surface area contributed by atoms with Crippen LogP contribution < -0.4 is 0 Å². The highest BCUT2D eigenvalue weighted by molar-refractivity contribution is 5.87. The molecule has 1 N–H and O–H groups in total. The van der Waals surface area contributed by atoms with E-state index in [1.807, 2.05) is 0 Å². The van der Waals surface area contributed by atoms with E-state index in [0.29, 0.717) is 32.2 Å². The van der Waals surface area contributed by atoms with Gasteiger partial charge in [0.05, 0.1) is 18.8 Å². The molecule has 0 saturated carbocycles. The maximum atomic E-state index is 10.6. The van der Waals surface area contributed by atoms with Crippen LogP contribution in [0.25, 0.3) is 0 Å². The van der Waals surface area contributed by atoms with Crippen molar-refractivity contribution >= 4 is 5.97 Å². The third-order valence-electron chi connectivity index (χ3n) is 2.15. The molecule has 0 aliphatic heterocycles. The lowest BCUT2D eigenvalue weighted by Crippen LogP contribution is -2.06. The van der Waals surface area contributed by atoms with E-state index in [-0.39, 0.29) is 12.2 Å². The minimum absolute atomic E-state index is 0.129. The normalized spacial score (nSPS) is 10.7. The van der Waals surface area contributed by atoms with E-state index in [9.17, 15) is 4.79 Å². The summed E-state index contributed by atoms with van der Waals surface area (Å²) in [4.78, 5) is 10.6. The first-order chi connectivity index (χ1) is 8.74. The fourth-order valence-electron chi connectivity index (χ4n) is 1.27. The van der Waals surface area contributed by atoms with Crippen LogP contribution in [0.5, 0.6) is 0 Å². The molecule has 0 aromatic carbocycles. The van der Waals surface area contributed by atoms with Gasteiger partial charge in [0.1, 0.15) is 18.6 Å². The predicted octanol–water partition coefficient (Wildman–Crippen LogP) is 1.55. The number of carboxylic acid groups (broad SMARTS) is 1. The summed E-state index contributed by atoms with van der Waals surface area (Å²) in [6.07, 6.45) is 2.05. The quantitative estimate of drug-likeness (QED) is 0.641. The number of hydrogen-bond donors (Lipinski definition) is 1. The fourth-order valence-corrected chi connectivity index (χ4v) is 1.27. The minimum Gasteiger partial charge on any atom is -0.478 e. The highest BCUT2D eigenvalue weighted by Gasteiger charge is 2.07. The lowest BCUT2D eigenvalue weighted by Gasteiger charge is -2.04. The van der Waals surface area contributed by atoms with E-state index in [1.54, 1.807) is 7.11 Å². The SMILES string of the molecule is COCCCOCCOCc1cc(C(=O)O)co1. The average molecular weight is 258 g/mol. The molecule has 6 nitrogen and oxygen atoms in total. The Morgan fingerprint density at radius 2 is 2.06 bits per heavy atom. The van der Waals surface area contributed by atoms with Gasteiger partial charge in [0, 0.05) is 20.3 Å². The van der Waals surface area contributed by atoms with Gasteiger partial charge in [-0.25, -0.2) is 4.79 Å². The zero-order chi connectivity index (χ0) is 13.2. The van der Waals surface area contributed by atoms with Gasteiger partial charge in [0.15, 0.2) is 0 Å². The van der Waals surface area contributed by atoms with Gasteiger partial charge in [0.2, 0.25) is 0 Å². The largest absolute Gasteiger partial charge is 0.478 e. The van der Waals surface area contributed by atoms with Crippen LogP contribution in [0.1, 0.15) is 22.5 Å². The van der Waals surface area contributed by atoms with Gasteiger partial charge in [-0.2, -0.15) is 0 Å². The topological polar surface area (TPSA) is 78.1 Å². The van der Waals surface area contributed by atoms with Gasteiger partial charge in [-0.15, -0.1) is 0 Å². The molecule has 0 aliphatic carbocycles. The Bertz CT molecular complexity index is 346. The number of furan rings is 1. The van der Waals surface area contributed by atoms with Gasteiger partial charge in [-0.3, -0.25) is 0 Å². The second kappa shape index (κ2) is 8.68. The van der Waals surface area contributed by atoms with Crippen LogP contribution in [-0.2, 0) is 20.8 Å². The van der Waals surface area contributed by atoms with E-state index in [0.717, 1.165) is 6.42 Å². The van der Waals surface area contributed by atoms with Crippen molar-refractivity contribution in [3.8, 4) is 0 Å². The number of rotatable bonds is 10. The molecule has 0 amide bonds. The number of carbonyl (C=O) groups is 1. The van der Waals surface area contributed by atoms with Crippen LogP contribution in [0, 0.1) is 0 Å². The molecule has 6 heteroatoms. The third-order valence-corrected chi connectivity index (χ3v) is 2.15. The van der Waals surface area contributed by atoms with E-state index < -0.39 is 5.97 Å². The monoisotopic (exact) mass is 258 g/mol. The summed E-state index contributed by atoms with van der Waals surface area (Å²) in [5.74, 6) is -0.516. The molecule has 1 aromatic rings. The number of carboxylic acids is 1. The smallest absolute Gasteiger partial charge is 0.338 e. The summed E-state index contributed by atoms with van der Waals surface area (Å²) in [7, 11) is 1.65. The first kappa shape index (κ1) is 14.7. The first-order valence-corrected chi connectivity index (χ1v) is 5.69. The van der Waals surface area contributed by atoms with Crippen molar-refractivity contribution in [2.24, 2.45) is 0 Å². The van der Waals surface area contributed by atoms with Crippen LogP contribution in [-0.4, -0.2) is 44.6 Å². The van der Waals surface area contributed by atoms with Gasteiger partial charge in [-0.05, 0) is 12.5 Å². The number of methoxy groups -OCH3 is 1. The molecule has 0 radical (unpaired) electrons. The van der Waals surface area contributed by atoms with Crippen LogP contribution >= 0.6 is 0 Å². The van der Waals surface area contributed by atoms with Crippen LogP contribution in [0.2, 0.25) is 0 Å². The maximum Gasteiger partial charge on any atom is 0.338 e. The van der Waals surface area contributed by atoms with E-state index in [2.05, 4.69) is 0 Å². The Balaban J connectivity index is 2.02. The number of aromatic carboxylic acids is 1. The molecular formula is C12H18O6. The molecule has 0 saturated heterocycles. The zero-order valence-corrected chi connectivity index (χ0v) is 10.4. The Labute approximate surface area is 105 Å². The predicted molar refractivity (Wildman–Crippen MR) is 62.6 cm³/mol. The Morgan fingerprint density at radius 3 is 2.72 bits per heavy atom. The molecule has 0 spiro atoms. The second-order valence-corrected chi connectivity index (χ2v) is 3.62. The van der Waals surface area contributed by atoms with Crippen LogP contribution in [0.4, 0.5) is 0 Å². The molecule has 0 atom stereocenters. The molecule has 102 valence electrons. The molecule has 1 heterocycles. The lowest BCUT2D eigenvalue weighted by molar-refractivity contribution is 0.0287. The van der Waals surface area contributed by atoms with Crippen LogP contribution in [0.3, 0.4) is 0 Å². The summed E-state index contributed by atoms with van der Waals surface area (Å²) in [5.41, 5.74) is 0.129. The van der Waals surface area contributed by atoms with Crippen molar-refractivity contribution in [3.63, 3.8) is 0 Å². The van der Waals surface area contributed by atoms with Crippen molar-refractivity contribution < 1.29 is 28.5 Å². The Hall–Kier alpha value is -1.37. The van der Waals surface area contributed by atoms with Crippen molar-refractivity contribution in [2.75, 3.05) is 33.5 Å². The van der Waals surface area contributed by atoms with Gasteiger partial charge < -0.3 is 23.7 Å². The summed E-state index contributed by atoms with van der Waals surface area (Å²) in [6.45, 7) is 2.51. The molecule has 0 aliphatic rings. The molecule has 0 bridgehead atoms. The van der Waals surface area contributed by atoms with Gasteiger partial charge >= 0.3 is 5.97 Å². The molecule has 1 aromatic heterocycles. The molecule has 1 rings (SSSR count). The maximum absolute atomic E-state index is 10.6. The van der Waals surface area contributed by atoms with Gasteiger partial charge in [0.25, 0.3) is 0 Å². The summed E-state index contributed by atoms with van der Waals surface area (Å²) in [6, 6.07) is 1.45. The highest BCUT2D eigenvalue weighted by Crippen LogP contribution is 2.08. The lowest BCUT2D eigenvalue weighted by atomic mass is 10.3. The number of hydrogen-bond acceptors (Lipinski definition) is 5. The molecule has 18 heavy (non-hydrogen) atoms. The molecular weight excluding hydrogens is 240 g/mol. The van der Waals surface area contributed by atoms with Crippen LogP contribution in [0.15, 0.2) is 16.7 Å². The third kappa shape index (κ3) is 5.81.